The molecule has 62 heavy (non-hydrogen) atoms. The van der Waals surface area contributed by atoms with Gasteiger partial charge < -0.3 is 24.8 Å². The van der Waals surface area contributed by atoms with Crippen molar-refractivity contribution in [2.75, 3.05) is 0 Å². The van der Waals surface area contributed by atoms with Gasteiger partial charge in [0.15, 0.2) is 0 Å². The Balaban J connectivity index is 0.000000434. The first kappa shape index (κ1) is 58.6. The average molecular weight is 1230 g/mol. The zero-order valence-corrected chi connectivity index (χ0v) is 51.5. The Morgan fingerprint density at radius 3 is 0.984 bits per heavy atom. The van der Waals surface area contributed by atoms with Gasteiger partial charge in [-0.2, -0.15) is 59.7 Å². The van der Waals surface area contributed by atoms with E-state index in [9.17, 15) is 0 Å². The van der Waals surface area contributed by atoms with Crippen LogP contribution in [-0.2, 0) is 80.5 Å². The molecule has 4 aliphatic rings. The summed E-state index contributed by atoms with van der Waals surface area (Å²) < 4.78 is 0. The molecule has 0 spiro atoms. The standard InChI is InChI=1S/2C21H25.2C5H5.2C2H6Si.2ClH.2Hf/c2*1-20(2,3)16-7-9-18-14(12-16)11-15-13-17(21(4,5)6)8-10-19(15)18;2*1-2-4-5-3-1;2*1-3-2;;;;/h2*7-10,12H,11H2,1-6H3;2*1-3H,4H2;2*1-2H3;2*1H;;/q4*-1;;;;;2*+2/p-2. The normalized spacial score (nSPS) is 13.2. The third-order valence-corrected chi connectivity index (χ3v) is 10.1. The second kappa shape index (κ2) is 26.1. The fourth-order valence-electron chi connectivity index (χ4n) is 6.74. The van der Waals surface area contributed by atoms with Crippen molar-refractivity contribution in [2.45, 2.75) is 157 Å². The van der Waals surface area contributed by atoms with E-state index in [0.29, 0.717) is 0 Å². The van der Waals surface area contributed by atoms with Crippen molar-refractivity contribution in [3.8, 4) is 22.3 Å². The summed E-state index contributed by atoms with van der Waals surface area (Å²) in [6, 6.07) is 30.3. The molecule has 4 aliphatic carbocycles. The molecule has 4 aromatic rings. The van der Waals surface area contributed by atoms with Crippen LogP contribution < -0.4 is 24.8 Å². The Morgan fingerprint density at radius 1 is 0.452 bits per heavy atom. The molecule has 0 fully saturated rings. The van der Waals surface area contributed by atoms with Crippen LogP contribution in [0.1, 0.15) is 140 Å². The van der Waals surface area contributed by atoms with Gasteiger partial charge in [0.05, 0.1) is 0 Å². The van der Waals surface area contributed by atoms with Crippen LogP contribution in [0.15, 0.2) is 97.1 Å². The van der Waals surface area contributed by atoms with E-state index in [1.807, 2.05) is 24.3 Å². The molecular formula is C56H72Cl2Hf2Si2-2. The summed E-state index contributed by atoms with van der Waals surface area (Å²) in [6.07, 6.45) is 22.1. The number of hydrogen-bond donors (Lipinski definition) is 0. The first-order valence-corrected chi connectivity index (χ1v) is 37.4. The quantitative estimate of drug-likeness (QED) is 0.105. The Morgan fingerprint density at radius 2 is 0.758 bits per heavy atom. The van der Waals surface area contributed by atoms with Crippen LogP contribution in [0.2, 0.25) is 26.2 Å². The summed E-state index contributed by atoms with van der Waals surface area (Å²) in [6.45, 7) is 36.5. The van der Waals surface area contributed by atoms with Gasteiger partial charge in [-0.25, -0.2) is 24.3 Å². The van der Waals surface area contributed by atoms with Gasteiger partial charge in [0.2, 0.25) is 0 Å². The molecular weight excluding hydrogens is 1160 g/mol. The summed E-state index contributed by atoms with van der Waals surface area (Å²) in [4.78, 5) is 0. The first-order chi connectivity index (χ1) is 27.8. The van der Waals surface area contributed by atoms with Crippen molar-refractivity contribution >= 4 is 11.0 Å². The summed E-state index contributed by atoms with van der Waals surface area (Å²) in [7, 11) is 0. The van der Waals surface area contributed by atoms with E-state index in [1.165, 1.54) is 113 Å². The molecule has 0 aliphatic heterocycles. The second-order valence-corrected chi connectivity index (χ2v) is 46.2. The molecule has 0 nitrogen and oxygen atoms in total. The first-order valence-electron chi connectivity index (χ1n) is 21.6. The molecule has 4 aromatic carbocycles. The van der Waals surface area contributed by atoms with Crippen LogP contribution >= 0.6 is 0 Å². The van der Waals surface area contributed by atoms with Crippen LogP contribution in [0.25, 0.3) is 22.3 Å². The van der Waals surface area contributed by atoms with Gasteiger partial charge in [-0.3, -0.25) is 12.2 Å². The monoisotopic (exact) mass is 1230 g/mol. The minimum Gasteiger partial charge on any atom is -1.00 e. The van der Waals surface area contributed by atoms with Crippen LogP contribution in [0.5, 0.6) is 0 Å². The molecule has 0 saturated carbocycles. The molecule has 0 heterocycles. The molecule has 0 aromatic heterocycles. The van der Waals surface area contributed by atoms with E-state index in [2.05, 4.69) is 206 Å². The SMILES string of the molecule is CC(C)(C)c1[c-]c2c(cc1)-c1ccc(C(C)(C)C)cc1C2.CC(C)(C)c1[c-]c2c(cc1)-c1ccc(C(C)(C)C)cc1C2.C[Si](C)=[Hf+2].C[Si](C)=[Hf+2].[C-]1=CC=CC1.[C-]1=CC=CC1.[Cl-].[Cl-]. The topological polar surface area (TPSA) is 0 Å². The van der Waals surface area contributed by atoms with E-state index in [-0.39, 0.29) is 57.5 Å². The zero-order chi connectivity index (χ0) is 45.1. The van der Waals surface area contributed by atoms with Gasteiger partial charge >= 0.3 is 83.2 Å². The molecule has 0 radical (unpaired) electrons. The number of hydrogen-bond acceptors (Lipinski definition) is 0. The molecule has 0 amide bonds. The predicted molar refractivity (Wildman–Crippen MR) is 260 cm³/mol. The average Bonchev–Trinajstić information content (AvgIpc) is 3.97. The Labute approximate surface area is 422 Å². The molecule has 328 valence electrons. The van der Waals surface area contributed by atoms with E-state index >= 15 is 0 Å². The molecule has 0 unspecified atom stereocenters. The van der Waals surface area contributed by atoms with Crippen molar-refractivity contribution < 1.29 is 70.8 Å². The summed E-state index contributed by atoms with van der Waals surface area (Å²) in [5.74, 6) is 0. The third-order valence-electron chi connectivity index (χ3n) is 10.1. The summed E-state index contributed by atoms with van der Waals surface area (Å²) in [5.41, 5.74) is 17.9. The third kappa shape index (κ3) is 19.2. The second-order valence-electron chi connectivity index (χ2n) is 20.6. The van der Waals surface area contributed by atoms with Gasteiger partial charge in [-0.15, -0.1) is 35.1 Å². The van der Waals surface area contributed by atoms with Gasteiger partial charge in [0, 0.05) is 0 Å². The molecule has 0 saturated heterocycles. The smallest absolute Gasteiger partial charge is 0.109 e. The van der Waals surface area contributed by atoms with Crippen LogP contribution in [0.3, 0.4) is 0 Å². The number of fused-ring (bicyclic) bond motifs is 6. The maximum atomic E-state index is 3.67. The number of allylic oxidation sites excluding steroid dienone is 8. The van der Waals surface area contributed by atoms with E-state index in [1.54, 1.807) is 0 Å². The molecule has 8 rings (SSSR count). The van der Waals surface area contributed by atoms with Crippen molar-refractivity contribution in [3.05, 3.63) is 166 Å². The van der Waals surface area contributed by atoms with Crippen molar-refractivity contribution in [1.29, 1.82) is 0 Å². The van der Waals surface area contributed by atoms with Gasteiger partial charge in [-0.05, 0) is 56.8 Å². The maximum absolute atomic E-state index is 3.67. The maximum Gasteiger partial charge on any atom is -0.109 e. The van der Waals surface area contributed by atoms with Gasteiger partial charge in [-0.1, -0.05) is 131 Å². The number of halogens is 2. The largest absolute Gasteiger partial charge is 1.00 e. The fraction of sp³-hybridized carbons (Fsp3) is 0.429. The van der Waals surface area contributed by atoms with Crippen LogP contribution in [-0.4, -0.2) is 11.0 Å². The van der Waals surface area contributed by atoms with E-state index in [4.69, 9.17) is 0 Å². The van der Waals surface area contributed by atoms with Gasteiger partial charge in [0.1, 0.15) is 0 Å². The molecule has 0 bridgehead atoms. The van der Waals surface area contributed by atoms with Crippen molar-refractivity contribution in [3.63, 3.8) is 0 Å². The Bertz CT molecular complexity index is 1920. The van der Waals surface area contributed by atoms with E-state index in [0.717, 1.165) is 25.7 Å². The Kier molecular flexibility index (Phi) is 24.6. The zero-order valence-electron chi connectivity index (χ0n) is 40.8. The minimum atomic E-state index is 0. The van der Waals surface area contributed by atoms with Crippen molar-refractivity contribution in [1.82, 2.24) is 0 Å². The number of rotatable bonds is 0. The minimum absolute atomic E-state index is 0. The molecule has 0 atom stereocenters. The van der Waals surface area contributed by atoms with Gasteiger partial charge in [0.25, 0.3) is 0 Å². The fourth-order valence-corrected chi connectivity index (χ4v) is 6.74. The summed E-state index contributed by atoms with van der Waals surface area (Å²) >= 11 is 2.90. The Hall–Kier alpha value is -1.41. The van der Waals surface area contributed by atoms with Crippen molar-refractivity contribution in [2.24, 2.45) is 0 Å². The predicted octanol–water partition coefficient (Wildman–Crippen LogP) is 9.49. The van der Waals surface area contributed by atoms with Crippen LogP contribution in [0.4, 0.5) is 0 Å². The van der Waals surface area contributed by atoms with Crippen LogP contribution in [0, 0.1) is 24.3 Å². The summed E-state index contributed by atoms with van der Waals surface area (Å²) in [5, 5.41) is 0. The molecule has 0 N–H and O–H groups in total. The van der Waals surface area contributed by atoms with E-state index < -0.39 is 0 Å². The molecule has 6 heteroatoms. The number of benzene rings is 4.